The molecule has 28 heavy (non-hydrogen) atoms. The number of rotatable bonds is 4. The van der Waals surface area contributed by atoms with Crippen LogP contribution in [0.1, 0.15) is 41.0 Å². The highest BCUT2D eigenvalue weighted by atomic mass is 32.1. The normalized spacial score (nSPS) is 25.9. The first-order chi connectivity index (χ1) is 13.2. The van der Waals surface area contributed by atoms with Gasteiger partial charge >= 0.3 is 6.09 Å². The summed E-state index contributed by atoms with van der Waals surface area (Å²) >= 11 is 4.18. The molecule has 0 N–H and O–H groups in total. The number of ether oxygens (including phenoxy) is 1. The highest BCUT2D eigenvalue weighted by molar-refractivity contribution is 7.80. The van der Waals surface area contributed by atoms with Crippen LogP contribution < -0.4 is 0 Å². The van der Waals surface area contributed by atoms with Crippen molar-refractivity contribution in [1.82, 2.24) is 9.80 Å². The Kier molecular flexibility index (Phi) is 7.52. The second-order valence-corrected chi connectivity index (χ2v) is 8.34. The van der Waals surface area contributed by atoms with Gasteiger partial charge in [-0.3, -0.25) is 14.9 Å². The van der Waals surface area contributed by atoms with Gasteiger partial charge in [-0.1, -0.05) is 6.92 Å². The van der Waals surface area contributed by atoms with E-state index in [2.05, 4.69) is 60.2 Å². The number of hydrogen-bond acceptors (Lipinski definition) is 6. The van der Waals surface area contributed by atoms with Gasteiger partial charge < -0.3 is 9.64 Å². The number of piperazine rings is 1. The molecule has 1 aliphatic heterocycles. The number of carbonyl (C=O) groups excluding carboxylic acids is 1. The Balaban J connectivity index is 2.22. The van der Waals surface area contributed by atoms with Crippen molar-refractivity contribution in [2.75, 3.05) is 19.0 Å². The van der Waals surface area contributed by atoms with Crippen molar-refractivity contribution < 1.29 is 9.53 Å². The van der Waals surface area contributed by atoms with Crippen molar-refractivity contribution in [3.8, 4) is 0 Å². The number of thiol groups is 1. The second-order valence-electron chi connectivity index (χ2n) is 8.06. The molecule has 6 nitrogen and oxygen atoms in total. The third kappa shape index (κ3) is 5.50. The Hall–Kier alpha value is -2.02. The maximum atomic E-state index is 12.7. The summed E-state index contributed by atoms with van der Waals surface area (Å²) in [6.07, 6.45) is 8.45. The summed E-state index contributed by atoms with van der Waals surface area (Å²) in [5, 5.41) is 0. The first-order valence-electron chi connectivity index (χ1n) is 9.67. The van der Waals surface area contributed by atoms with E-state index in [1.165, 1.54) is 0 Å². The zero-order chi connectivity index (χ0) is 20.9. The molecule has 0 aromatic rings. The number of nitrogens with zero attached hydrogens (tertiary/aromatic N) is 4. The van der Waals surface area contributed by atoms with E-state index >= 15 is 0 Å². The van der Waals surface area contributed by atoms with E-state index in [9.17, 15) is 4.79 Å². The van der Waals surface area contributed by atoms with Crippen LogP contribution in [0.3, 0.4) is 0 Å². The van der Waals surface area contributed by atoms with E-state index in [-0.39, 0.29) is 18.2 Å². The summed E-state index contributed by atoms with van der Waals surface area (Å²) in [4.78, 5) is 25.2. The molecule has 1 heterocycles. The maximum Gasteiger partial charge on any atom is 0.410 e. The lowest BCUT2D eigenvalue weighted by molar-refractivity contribution is -0.0136. The highest BCUT2D eigenvalue weighted by Gasteiger charge is 2.37. The van der Waals surface area contributed by atoms with Crippen LogP contribution in [-0.4, -0.2) is 65.0 Å². The Morgan fingerprint density at radius 2 is 2.11 bits per heavy atom. The minimum absolute atomic E-state index is 0.0420. The molecular weight excluding hydrogens is 372 g/mol. The van der Waals surface area contributed by atoms with Gasteiger partial charge in [0.2, 0.25) is 0 Å². The van der Waals surface area contributed by atoms with Gasteiger partial charge in [0.1, 0.15) is 5.60 Å². The molecule has 1 fully saturated rings. The fraction of sp³-hybridized carbons (Fsp3) is 0.571. The summed E-state index contributed by atoms with van der Waals surface area (Å²) in [7, 11) is 0. The van der Waals surface area contributed by atoms with Crippen molar-refractivity contribution >= 4 is 31.2 Å². The van der Waals surface area contributed by atoms with Gasteiger partial charge in [0, 0.05) is 30.6 Å². The van der Waals surface area contributed by atoms with Gasteiger partial charge in [-0.2, -0.15) is 12.6 Å². The SMILES string of the molecule is C=N/C=C1/C=C(N2CC(C)N(C(=O)OC(C)(C)C)C(CC)C2)C=CC1=NCS. The number of aliphatic imine (C=N–C) groups is 2. The Bertz CT molecular complexity index is 718. The predicted molar refractivity (Wildman–Crippen MR) is 119 cm³/mol. The molecule has 2 atom stereocenters. The standard InChI is InChI=1S/C21H32N4O2S/c1-7-17-13-24(12-15(2)25(17)20(26)27-21(3,4)5)18-8-9-19(23-14-28)16(10-18)11-22-6/h8-11,15,17,28H,6-7,12-14H2,1-5H3/b16-11-,23-19?. The Morgan fingerprint density at radius 3 is 2.68 bits per heavy atom. The molecule has 154 valence electrons. The predicted octanol–water partition coefficient (Wildman–Crippen LogP) is 4.07. The first-order valence-corrected chi connectivity index (χ1v) is 10.3. The third-order valence-electron chi connectivity index (χ3n) is 4.71. The van der Waals surface area contributed by atoms with Crippen LogP contribution in [0, 0.1) is 0 Å². The van der Waals surface area contributed by atoms with E-state index < -0.39 is 5.60 Å². The van der Waals surface area contributed by atoms with Crippen molar-refractivity contribution in [2.45, 2.75) is 58.7 Å². The molecule has 0 bridgehead atoms. The molecule has 1 aliphatic carbocycles. The smallest absolute Gasteiger partial charge is 0.410 e. The molecule has 2 unspecified atom stereocenters. The molecule has 7 heteroatoms. The summed E-state index contributed by atoms with van der Waals surface area (Å²) in [5.41, 5.74) is 2.35. The molecule has 1 saturated heterocycles. The fourth-order valence-corrected chi connectivity index (χ4v) is 3.68. The third-order valence-corrected chi connectivity index (χ3v) is 4.85. The number of carbonyl (C=O) groups is 1. The molecule has 0 spiro atoms. The average Bonchev–Trinajstić information content (AvgIpc) is 2.61. The molecule has 1 amide bonds. The minimum atomic E-state index is -0.499. The van der Waals surface area contributed by atoms with Gasteiger partial charge in [-0.15, -0.1) is 0 Å². The lowest BCUT2D eigenvalue weighted by atomic mass is 10.00. The van der Waals surface area contributed by atoms with Crippen LogP contribution in [0.2, 0.25) is 0 Å². The van der Waals surface area contributed by atoms with E-state index in [4.69, 9.17) is 4.74 Å². The van der Waals surface area contributed by atoms with Gasteiger partial charge in [-0.25, -0.2) is 4.79 Å². The largest absolute Gasteiger partial charge is 0.444 e. The molecule has 2 aliphatic rings. The van der Waals surface area contributed by atoms with E-state index in [1.807, 2.05) is 31.7 Å². The summed E-state index contributed by atoms with van der Waals surface area (Å²) in [6.45, 7) is 14.9. The van der Waals surface area contributed by atoms with Gasteiger partial charge in [0.15, 0.2) is 0 Å². The molecule has 0 aromatic carbocycles. The Labute approximate surface area is 174 Å². The number of hydrogen-bond donors (Lipinski definition) is 1. The van der Waals surface area contributed by atoms with Gasteiger partial charge in [0.25, 0.3) is 0 Å². The average molecular weight is 405 g/mol. The van der Waals surface area contributed by atoms with E-state index in [0.717, 1.165) is 36.5 Å². The topological polar surface area (TPSA) is 57.5 Å². The van der Waals surface area contributed by atoms with Crippen LogP contribution in [-0.2, 0) is 4.74 Å². The Morgan fingerprint density at radius 1 is 1.39 bits per heavy atom. The summed E-state index contributed by atoms with van der Waals surface area (Å²) in [6, 6.07) is 0.130. The van der Waals surface area contributed by atoms with Gasteiger partial charge in [-0.05, 0) is 59.1 Å². The molecular formula is C21H32N4O2S. The van der Waals surface area contributed by atoms with Crippen LogP contribution >= 0.6 is 12.6 Å². The van der Waals surface area contributed by atoms with Crippen LogP contribution in [0.15, 0.2) is 45.7 Å². The van der Waals surface area contributed by atoms with Crippen molar-refractivity contribution in [2.24, 2.45) is 9.98 Å². The monoisotopic (exact) mass is 404 g/mol. The molecule has 0 radical (unpaired) electrons. The zero-order valence-electron chi connectivity index (χ0n) is 17.6. The lowest BCUT2D eigenvalue weighted by Crippen LogP contribution is -2.59. The highest BCUT2D eigenvalue weighted by Crippen LogP contribution is 2.27. The van der Waals surface area contributed by atoms with Crippen LogP contribution in [0.25, 0.3) is 0 Å². The number of allylic oxidation sites excluding steroid dienone is 4. The molecule has 0 saturated carbocycles. The quantitative estimate of drug-likeness (QED) is 0.568. The fourth-order valence-electron chi connectivity index (χ4n) is 3.52. The summed E-state index contributed by atoms with van der Waals surface area (Å²) < 4.78 is 5.64. The zero-order valence-corrected chi connectivity index (χ0v) is 18.4. The lowest BCUT2D eigenvalue weighted by Gasteiger charge is -2.47. The number of amides is 1. The van der Waals surface area contributed by atoms with Gasteiger partial charge in [0.05, 0.1) is 23.7 Å². The van der Waals surface area contributed by atoms with Crippen LogP contribution in [0.5, 0.6) is 0 Å². The summed E-state index contributed by atoms with van der Waals surface area (Å²) in [5.74, 6) is 0.417. The van der Waals surface area contributed by atoms with Crippen molar-refractivity contribution in [1.29, 1.82) is 0 Å². The van der Waals surface area contributed by atoms with Crippen molar-refractivity contribution in [3.05, 3.63) is 35.7 Å². The van der Waals surface area contributed by atoms with Crippen molar-refractivity contribution in [3.63, 3.8) is 0 Å². The molecule has 0 aromatic heterocycles. The van der Waals surface area contributed by atoms with E-state index in [0.29, 0.717) is 5.88 Å². The van der Waals surface area contributed by atoms with E-state index in [1.54, 1.807) is 6.20 Å². The van der Waals surface area contributed by atoms with Crippen LogP contribution in [0.4, 0.5) is 4.79 Å². The second kappa shape index (κ2) is 9.45. The molecule has 2 rings (SSSR count). The maximum absolute atomic E-state index is 12.7. The minimum Gasteiger partial charge on any atom is -0.444 e. The first kappa shape index (κ1) is 22.3.